The van der Waals surface area contributed by atoms with Crippen LogP contribution in [-0.4, -0.2) is 43.1 Å². The summed E-state index contributed by atoms with van der Waals surface area (Å²) in [6.45, 7) is 2.16. The first-order valence-corrected chi connectivity index (χ1v) is 5.80. The van der Waals surface area contributed by atoms with E-state index in [1.807, 2.05) is 12.1 Å². The van der Waals surface area contributed by atoms with E-state index in [-0.39, 0.29) is 0 Å². The number of likely N-dealkylation sites (N-methyl/N-ethyl adjacent to an activating group) is 1. The maximum Gasteiger partial charge on any atom is 0.128 e. The molecule has 2 rings (SSSR count). The van der Waals surface area contributed by atoms with Gasteiger partial charge in [0.25, 0.3) is 0 Å². The minimum atomic E-state index is 0.633. The van der Waals surface area contributed by atoms with E-state index >= 15 is 0 Å². The van der Waals surface area contributed by atoms with E-state index in [4.69, 9.17) is 5.73 Å². The molecule has 16 heavy (non-hydrogen) atoms. The van der Waals surface area contributed by atoms with Gasteiger partial charge in [-0.3, -0.25) is 0 Å². The molecule has 0 amide bonds. The summed E-state index contributed by atoms with van der Waals surface area (Å²) >= 11 is 0. The quantitative estimate of drug-likeness (QED) is 0.813. The van der Waals surface area contributed by atoms with Crippen molar-refractivity contribution >= 4 is 11.5 Å². The van der Waals surface area contributed by atoms with E-state index in [0.717, 1.165) is 24.6 Å². The molecule has 2 heterocycles. The number of rotatable bonds is 2. The van der Waals surface area contributed by atoms with Crippen molar-refractivity contribution in [3.63, 3.8) is 0 Å². The maximum atomic E-state index is 5.64. The zero-order valence-electron chi connectivity index (χ0n) is 10.1. The highest BCUT2D eigenvalue weighted by Crippen LogP contribution is 2.20. The third-order valence-electron chi connectivity index (χ3n) is 3.22. The second-order valence-corrected chi connectivity index (χ2v) is 4.66. The first-order chi connectivity index (χ1) is 7.66. The molecule has 1 fully saturated rings. The SMILES string of the molecule is CN(C)C1CCCN(c2ccc(N)cn2)C1. The number of aromatic nitrogens is 1. The Kier molecular flexibility index (Phi) is 3.29. The smallest absolute Gasteiger partial charge is 0.128 e. The Hall–Kier alpha value is -1.29. The van der Waals surface area contributed by atoms with Gasteiger partial charge >= 0.3 is 0 Å². The Morgan fingerprint density at radius 3 is 2.88 bits per heavy atom. The van der Waals surface area contributed by atoms with Gasteiger partial charge in [-0.15, -0.1) is 0 Å². The van der Waals surface area contributed by atoms with Crippen LogP contribution in [0.3, 0.4) is 0 Å². The predicted octanol–water partition coefficient (Wildman–Crippen LogP) is 1.19. The third-order valence-corrected chi connectivity index (χ3v) is 3.22. The molecule has 2 N–H and O–H groups in total. The van der Waals surface area contributed by atoms with Crippen molar-refractivity contribution in [1.82, 2.24) is 9.88 Å². The summed E-state index contributed by atoms with van der Waals surface area (Å²) < 4.78 is 0. The fourth-order valence-electron chi connectivity index (χ4n) is 2.17. The van der Waals surface area contributed by atoms with Crippen molar-refractivity contribution < 1.29 is 0 Å². The van der Waals surface area contributed by atoms with Gasteiger partial charge in [0.05, 0.1) is 11.9 Å². The van der Waals surface area contributed by atoms with Gasteiger partial charge in [-0.05, 0) is 39.1 Å². The van der Waals surface area contributed by atoms with Crippen LogP contribution >= 0.6 is 0 Å². The molecule has 1 aliphatic heterocycles. The molecule has 0 aliphatic carbocycles. The summed E-state index contributed by atoms with van der Waals surface area (Å²) in [6, 6.07) is 4.56. The Morgan fingerprint density at radius 1 is 1.44 bits per heavy atom. The average Bonchev–Trinajstić information content (AvgIpc) is 2.30. The molecular weight excluding hydrogens is 200 g/mol. The number of piperidine rings is 1. The van der Waals surface area contributed by atoms with Crippen LogP contribution in [0.25, 0.3) is 0 Å². The van der Waals surface area contributed by atoms with Crippen LogP contribution in [0, 0.1) is 0 Å². The lowest BCUT2D eigenvalue weighted by Crippen LogP contribution is -2.45. The van der Waals surface area contributed by atoms with E-state index < -0.39 is 0 Å². The molecule has 1 unspecified atom stereocenters. The van der Waals surface area contributed by atoms with Gasteiger partial charge in [-0.1, -0.05) is 0 Å². The molecule has 0 aromatic carbocycles. The van der Waals surface area contributed by atoms with Gasteiger partial charge in [0.1, 0.15) is 5.82 Å². The van der Waals surface area contributed by atoms with Gasteiger partial charge in [0.15, 0.2) is 0 Å². The van der Waals surface area contributed by atoms with Crippen LogP contribution in [0.15, 0.2) is 18.3 Å². The Labute approximate surface area is 97.1 Å². The fraction of sp³-hybridized carbons (Fsp3) is 0.583. The summed E-state index contributed by atoms with van der Waals surface area (Å²) in [5.74, 6) is 1.04. The third kappa shape index (κ3) is 2.44. The normalized spacial score (nSPS) is 21.4. The number of pyridine rings is 1. The van der Waals surface area contributed by atoms with E-state index in [0.29, 0.717) is 6.04 Å². The molecule has 0 spiro atoms. The fourth-order valence-corrected chi connectivity index (χ4v) is 2.17. The minimum absolute atomic E-state index is 0.633. The molecule has 88 valence electrons. The molecule has 1 aromatic rings. The van der Waals surface area contributed by atoms with E-state index in [1.54, 1.807) is 6.20 Å². The predicted molar refractivity (Wildman–Crippen MR) is 67.6 cm³/mol. The number of hydrogen-bond donors (Lipinski definition) is 1. The molecule has 4 heteroatoms. The standard InChI is InChI=1S/C12H20N4/c1-15(2)11-4-3-7-16(9-11)12-6-5-10(13)8-14-12/h5-6,8,11H,3-4,7,9,13H2,1-2H3. The highest BCUT2D eigenvalue weighted by molar-refractivity contribution is 5.46. The van der Waals surface area contributed by atoms with Crippen molar-refractivity contribution in [2.75, 3.05) is 37.8 Å². The second kappa shape index (κ2) is 4.70. The molecule has 4 nitrogen and oxygen atoms in total. The van der Waals surface area contributed by atoms with Crippen LogP contribution in [0.2, 0.25) is 0 Å². The maximum absolute atomic E-state index is 5.64. The molecule has 0 bridgehead atoms. The summed E-state index contributed by atoms with van der Waals surface area (Å²) in [6.07, 6.45) is 4.24. The van der Waals surface area contributed by atoms with E-state index in [9.17, 15) is 0 Å². The molecular formula is C12H20N4. The van der Waals surface area contributed by atoms with Crippen molar-refractivity contribution in [1.29, 1.82) is 0 Å². The number of anilines is 2. The Morgan fingerprint density at radius 2 is 2.25 bits per heavy atom. The number of nitrogen functional groups attached to an aromatic ring is 1. The van der Waals surface area contributed by atoms with E-state index in [2.05, 4.69) is 28.9 Å². The molecule has 1 saturated heterocycles. The highest BCUT2D eigenvalue weighted by atomic mass is 15.2. The van der Waals surface area contributed by atoms with Crippen LogP contribution in [0.4, 0.5) is 11.5 Å². The number of nitrogens with two attached hydrogens (primary N) is 1. The van der Waals surface area contributed by atoms with Gasteiger partial charge < -0.3 is 15.5 Å². The van der Waals surface area contributed by atoms with Crippen LogP contribution in [-0.2, 0) is 0 Å². The van der Waals surface area contributed by atoms with Crippen LogP contribution in [0.5, 0.6) is 0 Å². The van der Waals surface area contributed by atoms with Gasteiger partial charge in [-0.2, -0.15) is 0 Å². The van der Waals surface area contributed by atoms with Gasteiger partial charge in [-0.25, -0.2) is 4.98 Å². The summed E-state index contributed by atoms with van der Waals surface area (Å²) in [4.78, 5) is 9.01. The lowest BCUT2D eigenvalue weighted by molar-refractivity contribution is 0.257. The molecule has 1 aromatic heterocycles. The molecule has 1 atom stereocenters. The first-order valence-electron chi connectivity index (χ1n) is 5.80. The van der Waals surface area contributed by atoms with Crippen LogP contribution in [0.1, 0.15) is 12.8 Å². The monoisotopic (exact) mass is 220 g/mol. The van der Waals surface area contributed by atoms with Crippen molar-refractivity contribution in [3.05, 3.63) is 18.3 Å². The Balaban J connectivity index is 2.06. The van der Waals surface area contributed by atoms with Crippen molar-refractivity contribution in [2.24, 2.45) is 0 Å². The lowest BCUT2D eigenvalue weighted by atomic mass is 10.1. The molecule has 0 saturated carbocycles. The van der Waals surface area contributed by atoms with Crippen molar-refractivity contribution in [2.45, 2.75) is 18.9 Å². The summed E-state index contributed by atoms with van der Waals surface area (Å²) in [5.41, 5.74) is 6.37. The Bertz CT molecular complexity index is 333. The summed E-state index contributed by atoms with van der Waals surface area (Å²) in [7, 11) is 4.29. The second-order valence-electron chi connectivity index (χ2n) is 4.66. The van der Waals surface area contributed by atoms with Gasteiger partial charge in [0, 0.05) is 19.1 Å². The minimum Gasteiger partial charge on any atom is -0.397 e. The topological polar surface area (TPSA) is 45.4 Å². The average molecular weight is 220 g/mol. The highest BCUT2D eigenvalue weighted by Gasteiger charge is 2.21. The van der Waals surface area contributed by atoms with E-state index in [1.165, 1.54) is 12.8 Å². The van der Waals surface area contributed by atoms with Crippen LogP contribution < -0.4 is 10.6 Å². The largest absolute Gasteiger partial charge is 0.397 e. The number of nitrogens with zero attached hydrogens (tertiary/aromatic N) is 3. The lowest BCUT2D eigenvalue weighted by Gasteiger charge is -2.36. The van der Waals surface area contributed by atoms with Gasteiger partial charge in [0.2, 0.25) is 0 Å². The number of hydrogen-bond acceptors (Lipinski definition) is 4. The zero-order chi connectivity index (χ0) is 11.5. The summed E-state index contributed by atoms with van der Waals surface area (Å²) in [5, 5.41) is 0. The molecule has 0 radical (unpaired) electrons. The molecule has 1 aliphatic rings. The zero-order valence-corrected chi connectivity index (χ0v) is 10.1. The first kappa shape index (κ1) is 11.2. The van der Waals surface area contributed by atoms with Crippen molar-refractivity contribution in [3.8, 4) is 0 Å².